The Labute approximate surface area is 128 Å². The molecule has 2 unspecified atom stereocenters. The largest absolute Gasteiger partial charge is 0.378 e. The second-order valence-electron chi connectivity index (χ2n) is 6.54. The van der Waals surface area contributed by atoms with Gasteiger partial charge in [0.15, 0.2) is 0 Å². The average molecular weight is 295 g/mol. The van der Waals surface area contributed by atoms with E-state index >= 15 is 0 Å². The quantitative estimate of drug-likeness (QED) is 0.619. The molecule has 0 aliphatic carbocycles. The van der Waals surface area contributed by atoms with E-state index in [4.69, 9.17) is 16.3 Å². The molecule has 2 atom stereocenters. The lowest BCUT2D eigenvalue weighted by molar-refractivity contribution is 0.102. The van der Waals surface area contributed by atoms with Crippen LogP contribution in [0.25, 0.3) is 0 Å². The van der Waals surface area contributed by atoms with Crippen molar-refractivity contribution in [3.05, 3.63) is 35.4 Å². The highest BCUT2D eigenvalue weighted by molar-refractivity contribution is 6.20. The van der Waals surface area contributed by atoms with Gasteiger partial charge in [0.2, 0.25) is 0 Å². The SMILES string of the molecule is CCC(C)(C)c1ccc(C(Cl)CCC2CCCO2)cc1. The molecule has 2 rings (SSSR count). The van der Waals surface area contributed by atoms with Crippen LogP contribution in [-0.2, 0) is 10.2 Å². The molecule has 1 saturated heterocycles. The summed E-state index contributed by atoms with van der Waals surface area (Å²) in [5, 5.41) is 0.109. The monoisotopic (exact) mass is 294 g/mol. The number of benzene rings is 1. The minimum absolute atomic E-state index is 0.109. The molecule has 1 fully saturated rings. The van der Waals surface area contributed by atoms with Gasteiger partial charge in [-0.25, -0.2) is 0 Å². The van der Waals surface area contributed by atoms with Crippen LogP contribution in [-0.4, -0.2) is 12.7 Å². The summed E-state index contributed by atoms with van der Waals surface area (Å²) in [5.41, 5.74) is 2.88. The van der Waals surface area contributed by atoms with Crippen LogP contribution in [0.3, 0.4) is 0 Å². The van der Waals surface area contributed by atoms with Crippen LogP contribution in [0, 0.1) is 0 Å². The molecule has 2 heteroatoms. The number of hydrogen-bond acceptors (Lipinski definition) is 1. The lowest BCUT2D eigenvalue weighted by Gasteiger charge is -2.24. The molecule has 0 aromatic heterocycles. The van der Waals surface area contributed by atoms with Crippen molar-refractivity contribution in [1.29, 1.82) is 0 Å². The van der Waals surface area contributed by atoms with Crippen molar-refractivity contribution in [3.63, 3.8) is 0 Å². The van der Waals surface area contributed by atoms with E-state index in [0.29, 0.717) is 6.10 Å². The Morgan fingerprint density at radius 3 is 2.55 bits per heavy atom. The Bertz CT molecular complexity index is 404. The first kappa shape index (κ1) is 15.9. The minimum atomic E-state index is 0.109. The molecule has 1 aliphatic heterocycles. The summed E-state index contributed by atoms with van der Waals surface area (Å²) in [7, 11) is 0. The summed E-state index contributed by atoms with van der Waals surface area (Å²) in [5.74, 6) is 0. The fourth-order valence-corrected chi connectivity index (χ4v) is 2.99. The van der Waals surface area contributed by atoms with Crippen LogP contribution in [0.15, 0.2) is 24.3 Å². The minimum Gasteiger partial charge on any atom is -0.378 e. The third kappa shape index (κ3) is 3.99. The second-order valence-corrected chi connectivity index (χ2v) is 7.07. The highest BCUT2D eigenvalue weighted by Gasteiger charge is 2.20. The highest BCUT2D eigenvalue weighted by Crippen LogP contribution is 2.32. The summed E-state index contributed by atoms with van der Waals surface area (Å²) in [6.45, 7) is 7.74. The van der Waals surface area contributed by atoms with Gasteiger partial charge in [-0.1, -0.05) is 45.0 Å². The second kappa shape index (κ2) is 6.95. The first-order valence-corrected chi connectivity index (χ1v) is 8.32. The summed E-state index contributed by atoms with van der Waals surface area (Å²) >= 11 is 6.53. The molecule has 1 aromatic carbocycles. The predicted octanol–water partition coefficient (Wildman–Crippen LogP) is 5.61. The van der Waals surface area contributed by atoms with Crippen molar-refractivity contribution in [2.75, 3.05) is 6.61 Å². The lowest BCUT2D eigenvalue weighted by Crippen LogP contribution is -2.15. The molecule has 0 spiro atoms. The third-order valence-electron chi connectivity index (χ3n) is 4.70. The fourth-order valence-electron chi connectivity index (χ4n) is 2.72. The van der Waals surface area contributed by atoms with Gasteiger partial charge in [-0.2, -0.15) is 0 Å². The molecule has 0 bridgehead atoms. The molecular formula is C18H27ClO. The molecule has 1 aromatic rings. The zero-order valence-corrected chi connectivity index (χ0v) is 13.7. The van der Waals surface area contributed by atoms with Crippen molar-refractivity contribution < 1.29 is 4.74 Å². The van der Waals surface area contributed by atoms with E-state index in [1.807, 2.05) is 0 Å². The molecule has 1 heterocycles. The summed E-state index contributed by atoms with van der Waals surface area (Å²) < 4.78 is 5.66. The van der Waals surface area contributed by atoms with Gasteiger partial charge >= 0.3 is 0 Å². The highest BCUT2D eigenvalue weighted by atomic mass is 35.5. The Balaban J connectivity index is 1.91. The Hall–Kier alpha value is -0.530. The van der Waals surface area contributed by atoms with Gasteiger partial charge in [-0.15, -0.1) is 11.6 Å². The predicted molar refractivity (Wildman–Crippen MR) is 86.6 cm³/mol. The fraction of sp³-hybridized carbons (Fsp3) is 0.667. The molecule has 1 aliphatic rings. The van der Waals surface area contributed by atoms with Crippen LogP contribution in [0.5, 0.6) is 0 Å². The molecule has 1 nitrogen and oxygen atoms in total. The maximum atomic E-state index is 6.53. The number of alkyl halides is 1. The first-order chi connectivity index (χ1) is 9.53. The van der Waals surface area contributed by atoms with Gasteiger partial charge in [-0.05, 0) is 48.6 Å². The van der Waals surface area contributed by atoms with Crippen LogP contribution in [0.4, 0.5) is 0 Å². The Kier molecular flexibility index (Phi) is 5.51. The number of hydrogen-bond donors (Lipinski definition) is 0. The molecule has 112 valence electrons. The average Bonchev–Trinajstić information content (AvgIpc) is 2.98. The zero-order valence-electron chi connectivity index (χ0n) is 13.0. The number of ether oxygens (including phenoxy) is 1. The van der Waals surface area contributed by atoms with Crippen molar-refractivity contribution in [3.8, 4) is 0 Å². The van der Waals surface area contributed by atoms with Gasteiger partial charge in [0, 0.05) is 6.61 Å². The van der Waals surface area contributed by atoms with Crippen LogP contribution < -0.4 is 0 Å². The van der Waals surface area contributed by atoms with Crippen molar-refractivity contribution >= 4 is 11.6 Å². The third-order valence-corrected chi connectivity index (χ3v) is 5.17. The van der Waals surface area contributed by atoms with E-state index in [-0.39, 0.29) is 10.8 Å². The van der Waals surface area contributed by atoms with E-state index in [1.165, 1.54) is 24.0 Å². The van der Waals surface area contributed by atoms with Gasteiger partial charge in [0.05, 0.1) is 11.5 Å². The van der Waals surface area contributed by atoms with Gasteiger partial charge in [0.25, 0.3) is 0 Å². The molecular weight excluding hydrogens is 268 g/mol. The summed E-state index contributed by atoms with van der Waals surface area (Å²) in [4.78, 5) is 0. The van der Waals surface area contributed by atoms with Crippen LogP contribution >= 0.6 is 11.6 Å². The van der Waals surface area contributed by atoms with E-state index in [2.05, 4.69) is 45.0 Å². The smallest absolute Gasteiger partial charge is 0.0586 e. The number of rotatable bonds is 6. The van der Waals surface area contributed by atoms with E-state index in [0.717, 1.165) is 25.9 Å². The van der Waals surface area contributed by atoms with Crippen LogP contribution in [0.1, 0.15) is 69.4 Å². The van der Waals surface area contributed by atoms with Gasteiger partial charge in [-0.3, -0.25) is 0 Å². The summed E-state index contributed by atoms with van der Waals surface area (Å²) in [6.07, 6.45) is 6.08. The maximum Gasteiger partial charge on any atom is 0.0586 e. The Morgan fingerprint density at radius 2 is 2.00 bits per heavy atom. The molecule has 0 amide bonds. The van der Waals surface area contributed by atoms with Crippen LogP contribution in [0.2, 0.25) is 0 Å². The molecule has 20 heavy (non-hydrogen) atoms. The normalized spacial score (nSPS) is 21.1. The lowest BCUT2D eigenvalue weighted by atomic mass is 9.82. The topological polar surface area (TPSA) is 9.23 Å². The van der Waals surface area contributed by atoms with Crippen molar-refractivity contribution in [2.45, 2.75) is 69.8 Å². The zero-order chi connectivity index (χ0) is 14.6. The van der Waals surface area contributed by atoms with E-state index in [1.54, 1.807) is 0 Å². The molecule has 0 radical (unpaired) electrons. The van der Waals surface area contributed by atoms with Crippen molar-refractivity contribution in [2.24, 2.45) is 0 Å². The maximum absolute atomic E-state index is 6.53. The van der Waals surface area contributed by atoms with Crippen molar-refractivity contribution in [1.82, 2.24) is 0 Å². The van der Waals surface area contributed by atoms with Gasteiger partial charge in [0.1, 0.15) is 0 Å². The van der Waals surface area contributed by atoms with E-state index < -0.39 is 0 Å². The van der Waals surface area contributed by atoms with Gasteiger partial charge < -0.3 is 4.74 Å². The molecule has 0 N–H and O–H groups in total. The number of halogens is 1. The molecule has 0 saturated carbocycles. The first-order valence-electron chi connectivity index (χ1n) is 7.89. The van der Waals surface area contributed by atoms with E-state index in [9.17, 15) is 0 Å². The standard InChI is InChI=1S/C18H27ClO/c1-4-18(2,3)15-9-7-14(8-10-15)17(19)12-11-16-6-5-13-20-16/h7-10,16-17H,4-6,11-13H2,1-3H3. The Morgan fingerprint density at radius 1 is 1.30 bits per heavy atom. The summed E-state index contributed by atoms with van der Waals surface area (Å²) in [6, 6.07) is 8.86.